The molecule has 0 heterocycles. The van der Waals surface area contributed by atoms with E-state index in [0.29, 0.717) is 18.6 Å². The van der Waals surface area contributed by atoms with Crippen molar-refractivity contribution in [2.24, 2.45) is 0 Å². The highest BCUT2D eigenvalue weighted by atomic mass is 16.4. The maximum absolute atomic E-state index is 10.5. The van der Waals surface area contributed by atoms with Crippen LogP contribution < -0.4 is 0 Å². The summed E-state index contributed by atoms with van der Waals surface area (Å²) in [7, 11) is 0. The number of benzene rings is 2. The number of carbonyl (C=O) groups is 1. The number of carboxylic acid groups (broad SMARTS) is 1. The van der Waals surface area contributed by atoms with Gasteiger partial charge in [0.05, 0.1) is 0 Å². The molecule has 20 heavy (non-hydrogen) atoms. The quantitative estimate of drug-likeness (QED) is 0.846. The molecule has 0 bridgehead atoms. The predicted molar refractivity (Wildman–Crippen MR) is 77.9 cm³/mol. The van der Waals surface area contributed by atoms with Crippen molar-refractivity contribution >= 4 is 5.97 Å². The number of aryl methyl sites for hydroxylation is 1. The van der Waals surface area contributed by atoms with E-state index in [1.165, 1.54) is 0 Å². The molecule has 0 aliphatic rings. The van der Waals surface area contributed by atoms with Crippen LogP contribution in [0.2, 0.25) is 0 Å². The third-order valence-corrected chi connectivity index (χ3v) is 3.27. The maximum atomic E-state index is 10.5. The molecule has 0 fully saturated rings. The van der Waals surface area contributed by atoms with Crippen molar-refractivity contribution in [3.8, 4) is 5.75 Å². The monoisotopic (exact) mass is 270 g/mol. The summed E-state index contributed by atoms with van der Waals surface area (Å²) < 4.78 is 0. The van der Waals surface area contributed by atoms with Gasteiger partial charge >= 0.3 is 5.97 Å². The summed E-state index contributed by atoms with van der Waals surface area (Å²) in [6.07, 6.45) is 2.35. The predicted octanol–water partition coefficient (Wildman–Crippen LogP) is 3.39. The molecule has 0 aliphatic carbocycles. The van der Waals surface area contributed by atoms with Crippen LogP contribution >= 0.6 is 0 Å². The SMILES string of the molecule is O=C(O)CCCc1ccc(Cc2ccccc2O)cc1. The van der Waals surface area contributed by atoms with Crippen LogP contribution in [0, 0.1) is 0 Å². The van der Waals surface area contributed by atoms with Crippen LogP contribution in [0.4, 0.5) is 0 Å². The Labute approximate surface area is 118 Å². The summed E-state index contributed by atoms with van der Waals surface area (Å²) >= 11 is 0. The van der Waals surface area contributed by atoms with Crippen molar-refractivity contribution in [3.63, 3.8) is 0 Å². The van der Waals surface area contributed by atoms with Crippen LogP contribution in [0.3, 0.4) is 0 Å². The minimum Gasteiger partial charge on any atom is -0.508 e. The van der Waals surface area contributed by atoms with Crippen LogP contribution in [0.15, 0.2) is 48.5 Å². The van der Waals surface area contributed by atoms with Crippen molar-refractivity contribution in [2.75, 3.05) is 0 Å². The van der Waals surface area contributed by atoms with Gasteiger partial charge in [-0.05, 0) is 35.6 Å². The normalized spacial score (nSPS) is 10.4. The van der Waals surface area contributed by atoms with Gasteiger partial charge in [0.1, 0.15) is 5.75 Å². The van der Waals surface area contributed by atoms with E-state index in [-0.39, 0.29) is 6.42 Å². The molecule has 3 nitrogen and oxygen atoms in total. The van der Waals surface area contributed by atoms with Crippen molar-refractivity contribution in [2.45, 2.75) is 25.7 Å². The zero-order valence-electron chi connectivity index (χ0n) is 11.2. The fourth-order valence-electron chi connectivity index (χ4n) is 2.15. The summed E-state index contributed by atoms with van der Waals surface area (Å²) in [6.45, 7) is 0. The first-order valence-corrected chi connectivity index (χ1v) is 6.71. The summed E-state index contributed by atoms with van der Waals surface area (Å²) in [4.78, 5) is 10.5. The highest BCUT2D eigenvalue weighted by Gasteiger charge is 2.02. The molecule has 2 aromatic rings. The lowest BCUT2D eigenvalue weighted by molar-refractivity contribution is -0.137. The lowest BCUT2D eigenvalue weighted by Gasteiger charge is -2.06. The Kier molecular flexibility index (Phi) is 4.77. The average Bonchev–Trinajstić information content (AvgIpc) is 2.43. The van der Waals surface area contributed by atoms with Crippen LogP contribution in [0.25, 0.3) is 0 Å². The van der Waals surface area contributed by atoms with Crippen LogP contribution in [-0.2, 0) is 17.6 Å². The minimum absolute atomic E-state index is 0.208. The van der Waals surface area contributed by atoms with Gasteiger partial charge in [0, 0.05) is 12.8 Å². The van der Waals surface area contributed by atoms with Crippen molar-refractivity contribution < 1.29 is 15.0 Å². The smallest absolute Gasteiger partial charge is 0.303 e. The highest BCUT2D eigenvalue weighted by Crippen LogP contribution is 2.20. The summed E-state index contributed by atoms with van der Waals surface area (Å²) in [5, 5.41) is 18.3. The van der Waals surface area contributed by atoms with E-state index < -0.39 is 5.97 Å². The molecule has 0 saturated carbocycles. The van der Waals surface area contributed by atoms with Crippen molar-refractivity contribution in [1.29, 1.82) is 0 Å². The Bertz CT molecular complexity index is 573. The first-order chi connectivity index (χ1) is 9.65. The topological polar surface area (TPSA) is 57.5 Å². The Morgan fingerprint density at radius 3 is 2.25 bits per heavy atom. The third kappa shape index (κ3) is 4.12. The van der Waals surface area contributed by atoms with Gasteiger partial charge in [-0.1, -0.05) is 42.5 Å². The summed E-state index contributed by atoms with van der Waals surface area (Å²) in [5.41, 5.74) is 3.19. The van der Waals surface area contributed by atoms with Crippen molar-refractivity contribution in [3.05, 3.63) is 65.2 Å². The molecule has 0 amide bonds. The molecular formula is C17H18O3. The average molecular weight is 270 g/mol. The van der Waals surface area contributed by atoms with Gasteiger partial charge in [-0.25, -0.2) is 0 Å². The first-order valence-electron chi connectivity index (χ1n) is 6.71. The van der Waals surface area contributed by atoms with Crippen LogP contribution in [0.1, 0.15) is 29.5 Å². The second-order valence-corrected chi connectivity index (χ2v) is 4.87. The summed E-state index contributed by atoms with van der Waals surface area (Å²) in [6, 6.07) is 15.4. The van der Waals surface area contributed by atoms with Gasteiger partial charge < -0.3 is 10.2 Å². The maximum Gasteiger partial charge on any atom is 0.303 e. The molecule has 3 heteroatoms. The molecule has 0 unspecified atom stereocenters. The fraction of sp³-hybridized carbons (Fsp3) is 0.235. The van der Waals surface area contributed by atoms with Gasteiger partial charge in [0.25, 0.3) is 0 Å². The van der Waals surface area contributed by atoms with Crippen molar-refractivity contribution in [1.82, 2.24) is 0 Å². The molecular weight excluding hydrogens is 252 g/mol. The highest BCUT2D eigenvalue weighted by molar-refractivity contribution is 5.66. The number of para-hydroxylation sites is 1. The number of phenolic OH excluding ortho intramolecular Hbond substituents is 1. The zero-order valence-corrected chi connectivity index (χ0v) is 11.2. The van der Waals surface area contributed by atoms with Gasteiger partial charge in [-0.3, -0.25) is 4.79 Å². The van der Waals surface area contributed by atoms with E-state index in [0.717, 1.165) is 23.1 Å². The van der Waals surface area contributed by atoms with E-state index in [2.05, 4.69) is 0 Å². The first kappa shape index (κ1) is 14.1. The second kappa shape index (κ2) is 6.75. The molecule has 0 aliphatic heterocycles. The number of carboxylic acids is 1. The largest absolute Gasteiger partial charge is 0.508 e. The van der Waals surface area contributed by atoms with E-state index in [1.54, 1.807) is 6.07 Å². The Morgan fingerprint density at radius 1 is 0.950 bits per heavy atom. The number of aromatic hydroxyl groups is 1. The van der Waals surface area contributed by atoms with E-state index in [9.17, 15) is 9.90 Å². The standard InChI is InChI=1S/C17H18O3/c18-16-6-2-1-5-15(16)12-14-10-8-13(9-11-14)4-3-7-17(19)20/h1-2,5-6,8-11,18H,3-4,7,12H2,(H,19,20). The number of rotatable bonds is 6. The number of phenols is 1. The lowest BCUT2D eigenvalue weighted by atomic mass is 10.0. The lowest BCUT2D eigenvalue weighted by Crippen LogP contribution is -1.96. The third-order valence-electron chi connectivity index (χ3n) is 3.27. The Hall–Kier alpha value is -2.29. The Balaban J connectivity index is 1.95. The molecule has 0 aromatic heterocycles. The van der Waals surface area contributed by atoms with Gasteiger partial charge in [-0.2, -0.15) is 0 Å². The number of hydrogen-bond donors (Lipinski definition) is 2. The molecule has 2 N–H and O–H groups in total. The molecule has 0 spiro atoms. The molecule has 2 aromatic carbocycles. The summed E-state index contributed by atoms with van der Waals surface area (Å²) in [5.74, 6) is -0.431. The zero-order chi connectivity index (χ0) is 14.4. The Morgan fingerprint density at radius 2 is 1.60 bits per heavy atom. The van der Waals surface area contributed by atoms with E-state index in [4.69, 9.17) is 5.11 Å². The molecule has 0 saturated heterocycles. The van der Waals surface area contributed by atoms with Gasteiger partial charge in [-0.15, -0.1) is 0 Å². The van der Waals surface area contributed by atoms with Crippen LogP contribution in [0.5, 0.6) is 5.75 Å². The number of hydrogen-bond acceptors (Lipinski definition) is 2. The molecule has 0 radical (unpaired) electrons. The molecule has 2 rings (SSSR count). The minimum atomic E-state index is -0.749. The van der Waals surface area contributed by atoms with Crippen LogP contribution in [-0.4, -0.2) is 16.2 Å². The molecule has 104 valence electrons. The van der Waals surface area contributed by atoms with E-state index in [1.807, 2.05) is 42.5 Å². The fourth-order valence-corrected chi connectivity index (χ4v) is 2.15. The number of aliphatic carboxylic acids is 1. The molecule has 0 atom stereocenters. The van der Waals surface area contributed by atoms with Gasteiger partial charge in [0.15, 0.2) is 0 Å². The van der Waals surface area contributed by atoms with E-state index >= 15 is 0 Å². The second-order valence-electron chi connectivity index (χ2n) is 4.87. The van der Waals surface area contributed by atoms with Gasteiger partial charge in [0.2, 0.25) is 0 Å².